The Bertz CT molecular complexity index is 350. The average Bonchev–Trinajstić information content (AvgIpc) is 2.20. The molecule has 0 aliphatic rings. The Morgan fingerprint density at radius 1 is 1.53 bits per heavy atom. The summed E-state index contributed by atoms with van der Waals surface area (Å²) in [5.74, 6) is 0.552. The second-order valence-electron chi connectivity index (χ2n) is 3.25. The zero-order valence-corrected chi connectivity index (χ0v) is 9.04. The van der Waals surface area contributed by atoms with Crippen molar-refractivity contribution in [1.29, 1.82) is 0 Å². The van der Waals surface area contributed by atoms with Crippen LogP contribution < -0.4 is 15.8 Å². The van der Waals surface area contributed by atoms with Crippen molar-refractivity contribution in [2.45, 2.75) is 13.3 Å². The predicted molar refractivity (Wildman–Crippen MR) is 60.1 cm³/mol. The van der Waals surface area contributed by atoms with Crippen LogP contribution in [0.2, 0.25) is 0 Å². The number of carbonyl (C=O) groups excluding carboxylic acids is 1. The fraction of sp³-hybridized carbons (Fsp3) is 0.364. The third-order valence-electron chi connectivity index (χ3n) is 2.01. The smallest absolute Gasteiger partial charge is 0.221 e. The molecule has 1 rings (SSSR count). The molecule has 0 aliphatic carbocycles. The molecular weight excluding hydrogens is 192 g/mol. The van der Waals surface area contributed by atoms with Gasteiger partial charge in [-0.05, 0) is 30.7 Å². The lowest BCUT2D eigenvalue weighted by atomic mass is 10.1. The summed E-state index contributed by atoms with van der Waals surface area (Å²) in [5.41, 5.74) is 7.25. The summed E-state index contributed by atoms with van der Waals surface area (Å²) >= 11 is 0. The number of amides is 1. The number of carbonyl (C=O) groups is 1. The van der Waals surface area contributed by atoms with Crippen LogP contribution in [0.5, 0.6) is 5.75 Å². The van der Waals surface area contributed by atoms with Crippen LogP contribution in [0.1, 0.15) is 12.5 Å². The second kappa shape index (κ2) is 5.36. The average molecular weight is 208 g/mol. The Hall–Kier alpha value is -1.55. The number of benzene rings is 1. The minimum Gasteiger partial charge on any atom is -0.495 e. The summed E-state index contributed by atoms with van der Waals surface area (Å²) in [5, 5.41) is 2.70. The number of methoxy groups -OCH3 is 1. The predicted octanol–water partition coefficient (Wildman–Crippen LogP) is 1.15. The van der Waals surface area contributed by atoms with Gasteiger partial charge in [0, 0.05) is 6.92 Å². The van der Waals surface area contributed by atoms with E-state index in [2.05, 4.69) is 5.32 Å². The third-order valence-corrected chi connectivity index (χ3v) is 2.01. The number of hydrogen-bond acceptors (Lipinski definition) is 3. The van der Waals surface area contributed by atoms with Gasteiger partial charge in [-0.3, -0.25) is 4.79 Å². The number of ether oxygens (including phenoxy) is 1. The highest BCUT2D eigenvalue weighted by Crippen LogP contribution is 2.25. The molecule has 0 spiro atoms. The van der Waals surface area contributed by atoms with Crippen molar-refractivity contribution in [3.63, 3.8) is 0 Å². The molecule has 0 fully saturated rings. The lowest BCUT2D eigenvalue weighted by molar-refractivity contribution is -0.114. The normalized spacial score (nSPS) is 9.80. The van der Waals surface area contributed by atoms with Gasteiger partial charge in [-0.25, -0.2) is 0 Å². The zero-order chi connectivity index (χ0) is 11.3. The van der Waals surface area contributed by atoms with Gasteiger partial charge in [-0.2, -0.15) is 0 Å². The van der Waals surface area contributed by atoms with E-state index in [0.717, 1.165) is 12.0 Å². The highest BCUT2D eigenvalue weighted by Gasteiger charge is 2.05. The molecule has 0 saturated heterocycles. The van der Waals surface area contributed by atoms with Gasteiger partial charge in [0.1, 0.15) is 5.75 Å². The first-order valence-electron chi connectivity index (χ1n) is 4.82. The maximum atomic E-state index is 10.9. The number of nitrogens with one attached hydrogen (secondary N) is 1. The molecule has 0 radical (unpaired) electrons. The molecule has 0 saturated carbocycles. The lowest BCUT2D eigenvalue weighted by Crippen LogP contribution is -2.08. The molecule has 0 unspecified atom stereocenters. The van der Waals surface area contributed by atoms with Gasteiger partial charge < -0.3 is 15.8 Å². The van der Waals surface area contributed by atoms with E-state index >= 15 is 0 Å². The Morgan fingerprint density at radius 2 is 2.27 bits per heavy atom. The Kier molecular flexibility index (Phi) is 4.12. The van der Waals surface area contributed by atoms with E-state index in [1.807, 2.05) is 18.2 Å². The van der Waals surface area contributed by atoms with Gasteiger partial charge >= 0.3 is 0 Å². The van der Waals surface area contributed by atoms with Crippen LogP contribution in [0.25, 0.3) is 0 Å². The molecule has 0 heterocycles. The van der Waals surface area contributed by atoms with E-state index in [1.54, 1.807) is 7.11 Å². The number of rotatable bonds is 4. The summed E-state index contributed by atoms with van der Waals surface area (Å²) in [4.78, 5) is 10.9. The number of anilines is 1. The minimum atomic E-state index is -0.111. The molecule has 0 aromatic heterocycles. The van der Waals surface area contributed by atoms with Crippen molar-refractivity contribution >= 4 is 11.6 Å². The molecule has 15 heavy (non-hydrogen) atoms. The van der Waals surface area contributed by atoms with Crippen LogP contribution in [0.3, 0.4) is 0 Å². The van der Waals surface area contributed by atoms with Crippen molar-refractivity contribution in [2.75, 3.05) is 19.0 Å². The van der Waals surface area contributed by atoms with E-state index in [4.69, 9.17) is 10.5 Å². The first-order valence-corrected chi connectivity index (χ1v) is 4.82. The number of nitrogens with two attached hydrogens (primary N) is 1. The Labute approximate surface area is 89.4 Å². The van der Waals surface area contributed by atoms with E-state index < -0.39 is 0 Å². The van der Waals surface area contributed by atoms with Crippen LogP contribution in [-0.4, -0.2) is 19.6 Å². The van der Waals surface area contributed by atoms with Crippen molar-refractivity contribution in [3.05, 3.63) is 23.8 Å². The van der Waals surface area contributed by atoms with Crippen LogP contribution in [0, 0.1) is 0 Å². The van der Waals surface area contributed by atoms with Crippen LogP contribution in [0.15, 0.2) is 18.2 Å². The van der Waals surface area contributed by atoms with Crippen molar-refractivity contribution in [1.82, 2.24) is 0 Å². The highest BCUT2D eigenvalue weighted by atomic mass is 16.5. The molecule has 82 valence electrons. The fourth-order valence-electron chi connectivity index (χ4n) is 1.35. The topological polar surface area (TPSA) is 64.3 Å². The summed E-state index contributed by atoms with van der Waals surface area (Å²) in [6.07, 6.45) is 0.802. The molecule has 4 nitrogen and oxygen atoms in total. The standard InChI is InChI=1S/C11H16N2O2/c1-8(14)13-10-4-3-9(5-6-12)7-11(10)15-2/h3-4,7H,5-6,12H2,1-2H3,(H,13,14). The largest absolute Gasteiger partial charge is 0.495 e. The molecule has 4 heteroatoms. The molecule has 1 amide bonds. The SMILES string of the molecule is COc1cc(CCN)ccc1NC(C)=O. The maximum Gasteiger partial charge on any atom is 0.221 e. The fourth-order valence-corrected chi connectivity index (χ4v) is 1.35. The minimum absolute atomic E-state index is 0.111. The van der Waals surface area contributed by atoms with E-state index in [0.29, 0.717) is 18.0 Å². The van der Waals surface area contributed by atoms with E-state index in [-0.39, 0.29) is 5.91 Å². The third kappa shape index (κ3) is 3.25. The van der Waals surface area contributed by atoms with Gasteiger partial charge in [0.15, 0.2) is 0 Å². The van der Waals surface area contributed by atoms with Crippen LogP contribution >= 0.6 is 0 Å². The molecule has 3 N–H and O–H groups in total. The van der Waals surface area contributed by atoms with Crippen molar-refractivity contribution in [3.8, 4) is 5.75 Å². The number of hydrogen-bond donors (Lipinski definition) is 2. The Morgan fingerprint density at radius 3 is 2.80 bits per heavy atom. The van der Waals surface area contributed by atoms with Crippen molar-refractivity contribution < 1.29 is 9.53 Å². The molecule has 1 aromatic rings. The Balaban J connectivity index is 2.92. The quantitative estimate of drug-likeness (QED) is 0.780. The monoisotopic (exact) mass is 208 g/mol. The summed E-state index contributed by atoms with van der Waals surface area (Å²) in [7, 11) is 1.58. The van der Waals surface area contributed by atoms with E-state index in [9.17, 15) is 4.79 Å². The molecule has 1 aromatic carbocycles. The highest BCUT2D eigenvalue weighted by molar-refractivity contribution is 5.90. The first-order chi connectivity index (χ1) is 7.17. The van der Waals surface area contributed by atoms with Gasteiger partial charge in [-0.1, -0.05) is 6.07 Å². The van der Waals surface area contributed by atoms with Crippen molar-refractivity contribution in [2.24, 2.45) is 5.73 Å². The van der Waals surface area contributed by atoms with Gasteiger partial charge in [0.25, 0.3) is 0 Å². The van der Waals surface area contributed by atoms with Gasteiger partial charge in [0.2, 0.25) is 5.91 Å². The van der Waals surface area contributed by atoms with E-state index in [1.165, 1.54) is 6.92 Å². The second-order valence-corrected chi connectivity index (χ2v) is 3.25. The molecule has 0 atom stereocenters. The summed E-state index contributed by atoms with van der Waals surface area (Å²) in [6.45, 7) is 2.07. The van der Waals surface area contributed by atoms with Crippen LogP contribution in [-0.2, 0) is 11.2 Å². The van der Waals surface area contributed by atoms with Crippen LogP contribution in [0.4, 0.5) is 5.69 Å². The summed E-state index contributed by atoms with van der Waals surface area (Å²) in [6, 6.07) is 5.64. The van der Waals surface area contributed by atoms with Gasteiger partial charge in [-0.15, -0.1) is 0 Å². The molecular formula is C11H16N2O2. The maximum absolute atomic E-state index is 10.9. The summed E-state index contributed by atoms with van der Waals surface area (Å²) < 4.78 is 5.18. The molecule has 0 bridgehead atoms. The van der Waals surface area contributed by atoms with Gasteiger partial charge in [0.05, 0.1) is 12.8 Å². The zero-order valence-electron chi connectivity index (χ0n) is 9.04. The molecule has 0 aliphatic heterocycles. The lowest BCUT2D eigenvalue weighted by Gasteiger charge is -2.10. The first kappa shape index (κ1) is 11.5.